The van der Waals surface area contributed by atoms with Crippen molar-refractivity contribution in [3.05, 3.63) is 29.8 Å². The molecule has 2 N–H and O–H groups in total. The fourth-order valence-corrected chi connectivity index (χ4v) is 3.14. The number of likely N-dealkylation sites (tertiary alicyclic amines) is 1. The molecule has 2 rings (SSSR count). The van der Waals surface area contributed by atoms with E-state index < -0.39 is 0 Å². The fourth-order valence-electron chi connectivity index (χ4n) is 3.14. The summed E-state index contributed by atoms with van der Waals surface area (Å²) in [5.74, 6) is 1.84. The van der Waals surface area contributed by atoms with E-state index in [1.165, 1.54) is 12.0 Å². The van der Waals surface area contributed by atoms with Crippen molar-refractivity contribution < 1.29 is 9.53 Å². The lowest BCUT2D eigenvalue weighted by Gasteiger charge is -2.33. The van der Waals surface area contributed by atoms with Crippen molar-refractivity contribution in [2.45, 2.75) is 39.5 Å². The number of ether oxygens (including phenoxy) is 1. The normalized spacial score (nSPS) is 16.4. The molecule has 24 heavy (non-hydrogen) atoms. The van der Waals surface area contributed by atoms with Crippen molar-refractivity contribution in [2.75, 3.05) is 26.2 Å². The van der Waals surface area contributed by atoms with Crippen molar-refractivity contribution in [2.24, 2.45) is 17.6 Å². The highest BCUT2D eigenvalue weighted by Gasteiger charge is 2.25. The van der Waals surface area contributed by atoms with Crippen LogP contribution in [0.5, 0.6) is 5.75 Å². The molecule has 1 atom stereocenters. The summed E-state index contributed by atoms with van der Waals surface area (Å²) < 4.78 is 5.47. The molecule has 1 unspecified atom stereocenters. The Hall–Kier alpha value is -1.26. The molecular formula is C19H31ClN2O2. The number of halogens is 1. The maximum Gasteiger partial charge on any atom is 0.226 e. The Labute approximate surface area is 152 Å². The molecule has 1 aliphatic heterocycles. The number of carbonyl (C=O) groups is 1. The van der Waals surface area contributed by atoms with Crippen molar-refractivity contribution in [3.8, 4) is 5.75 Å². The molecule has 0 spiro atoms. The first-order chi connectivity index (χ1) is 11.1. The van der Waals surface area contributed by atoms with Gasteiger partial charge in [-0.1, -0.05) is 19.1 Å². The minimum atomic E-state index is -0.0459. The van der Waals surface area contributed by atoms with Crippen LogP contribution in [0.1, 0.15) is 38.7 Å². The molecule has 1 amide bonds. The van der Waals surface area contributed by atoms with Gasteiger partial charge in [0.15, 0.2) is 0 Å². The van der Waals surface area contributed by atoms with Crippen molar-refractivity contribution in [1.82, 2.24) is 4.90 Å². The van der Waals surface area contributed by atoms with E-state index in [0.717, 1.165) is 44.0 Å². The molecule has 0 saturated carbocycles. The van der Waals surface area contributed by atoms with Gasteiger partial charge < -0.3 is 15.4 Å². The van der Waals surface area contributed by atoms with Gasteiger partial charge in [0, 0.05) is 25.6 Å². The van der Waals surface area contributed by atoms with Gasteiger partial charge in [0.05, 0.1) is 6.61 Å². The highest BCUT2D eigenvalue weighted by molar-refractivity contribution is 5.85. The summed E-state index contributed by atoms with van der Waals surface area (Å²) in [5, 5.41) is 0. The number of nitrogens with two attached hydrogens (primary N) is 1. The number of rotatable bonds is 7. The largest absolute Gasteiger partial charge is 0.494 e. The van der Waals surface area contributed by atoms with Crippen LogP contribution >= 0.6 is 12.4 Å². The predicted molar refractivity (Wildman–Crippen MR) is 101 cm³/mol. The first kappa shape index (κ1) is 20.8. The molecule has 136 valence electrons. The predicted octanol–water partition coefficient (Wildman–Crippen LogP) is 3.27. The van der Waals surface area contributed by atoms with Gasteiger partial charge in [-0.3, -0.25) is 4.79 Å². The molecule has 1 saturated heterocycles. The van der Waals surface area contributed by atoms with E-state index in [-0.39, 0.29) is 24.2 Å². The molecule has 1 aromatic carbocycles. The number of piperidine rings is 1. The van der Waals surface area contributed by atoms with Crippen LogP contribution in [0, 0.1) is 11.8 Å². The summed E-state index contributed by atoms with van der Waals surface area (Å²) in [7, 11) is 0. The molecular weight excluding hydrogens is 324 g/mol. The lowest BCUT2D eigenvalue weighted by molar-refractivity contribution is -0.136. The maximum absolute atomic E-state index is 12.1. The number of carbonyl (C=O) groups excluding carboxylic acids is 1. The molecule has 1 aromatic rings. The van der Waals surface area contributed by atoms with Crippen molar-refractivity contribution >= 4 is 18.3 Å². The number of benzene rings is 1. The second kappa shape index (κ2) is 10.6. The van der Waals surface area contributed by atoms with E-state index in [9.17, 15) is 4.79 Å². The first-order valence-corrected chi connectivity index (χ1v) is 8.84. The average molecular weight is 355 g/mol. The van der Waals surface area contributed by atoms with Gasteiger partial charge in [0.2, 0.25) is 5.91 Å². The van der Waals surface area contributed by atoms with Gasteiger partial charge in [0.1, 0.15) is 5.75 Å². The maximum atomic E-state index is 12.1. The Morgan fingerprint density at radius 3 is 2.46 bits per heavy atom. The van der Waals surface area contributed by atoms with Crippen LogP contribution in [-0.2, 0) is 11.2 Å². The Morgan fingerprint density at radius 1 is 1.29 bits per heavy atom. The lowest BCUT2D eigenvalue weighted by Crippen LogP contribution is -2.42. The van der Waals surface area contributed by atoms with E-state index in [0.29, 0.717) is 13.2 Å². The summed E-state index contributed by atoms with van der Waals surface area (Å²) in [4.78, 5) is 14.1. The number of nitrogens with zero attached hydrogens (tertiary/aromatic N) is 1. The summed E-state index contributed by atoms with van der Waals surface area (Å²) in [6.45, 7) is 6.84. The van der Waals surface area contributed by atoms with Crippen molar-refractivity contribution in [1.29, 1.82) is 0 Å². The monoisotopic (exact) mass is 354 g/mol. The van der Waals surface area contributed by atoms with Gasteiger partial charge in [-0.05, 0) is 56.2 Å². The Morgan fingerprint density at radius 2 is 1.92 bits per heavy atom. The summed E-state index contributed by atoms with van der Waals surface area (Å²) in [5.41, 5.74) is 6.96. The van der Waals surface area contributed by atoms with Crippen LogP contribution in [0.25, 0.3) is 0 Å². The quantitative estimate of drug-likeness (QED) is 0.817. The second-order valence-corrected chi connectivity index (χ2v) is 6.52. The van der Waals surface area contributed by atoms with Crippen molar-refractivity contribution in [3.63, 3.8) is 0 Å². The number of hydrogen-bond acceptors (Lipinski definition) is 3. The zero-order valence-electron chi connectivity index (χ0n) is 14.9. The molecule has 5 heteroatoms. The van der Waals surface area contributed by atoms with Gasteiger partial charge in [-0.25, -0.2) is 0 Å². The average Bonchev–Trinajstić information content (AvgIpc) is 2.60. The van der Waals surface area contributed by atoms with Crippen LogP contribution in [0.4, 0.5) is 0 Å². The van der Waals surface area contributed by atoms with Gasteiger partial charge in [-0.15, -0.1) is 12.4 Å². The molecule has 4 nitrogen and oxygen atoms in total. The fraction of sp³-hybridized carbons (Fsp3) is 0.632. The third-order valence-electron chi connectivity index (χ3n) is 4.78. The standard InChI is InChI=1S/C19H30N2O2.ClH/c1-3-23-18-8-6-16(7-9-18)4-5-17-10-12-21(13-11-17)19(22)15(2)14-20;/h6-9,15,17H,3-5,10-14,20H2,1-2H3;1H. The van der Waals surface area contributed by atoms with E-state index in [1.54, 1.807) is 0 Å². The summed E-state index contributed by atoms with van der Waals surface area (Å²) in [6.07, 6.45) is 4.52. The Balaban J connectivity index is 0.00000288. The Bertz CT molecular complexity index is 485. The minimum absolute atomic E-state index is 0. The number of amides is 1. The van der Waals surface area contributed by atoms with Crippen LogP contribution in [0.2, 0.25) is 0 Å². The third kappa shape index (κ3) is 5.99. The molecule has 1 fully saturated rings. The van der Waals surface area contributed by atoms with Crippen LogP contribution in [0.3, 0.4) is 0 Å². The first-order valence-electron chi connectivity index (χ1n) is 8.84. The topological polar surface area (TPSA) is 55.6 Å². The number of hydrogen-bond donors (Lipinski definition) is 1. The molecule has 1 heterocycles. The molecule has 0 aromatic heterocycles. The molecule has 0 bridgehead atoms. The summed E-state index contributed by atoms with van der Waals surface area (Å²) >= 11 is 0. The van der Waals surface area contributed by atoms with E-state index >= 15 is 0 Å². The van der Waals surface area contributed by atoms with Gasteiger partial charge in [0.25, 0.3) is 0 Å². The van der Waals surface area contributed by atoms with Gasteiger partial charge in [-0.2, -0.15) is 0 Å². The second-order valence-electron chi connectivity index (χ2n) is 6.52. The zero-order valence-corrected chi connectivity index (χ0v) is 15.7. The Kier molecular flexibility index (Phi) is 9.16. The highest BCUT2D eigenvalue weighted by Crippen LogP contribution is 2.24. The lowest BCUT2D eigenvalue weighted by atomic mass is 9.90. The SMILES string of the molecule is CCOc1ccc(CCC2CCN(C(=O)C(C)CN)CC2)cc1.Cl. The van der Waals surface area contributed by atoms with E-state index in [1.807, 2.05) is 30.9 Å². The minimum Gasteiger partial charge on any atom is -0.494 e. The van der Waals surface area contributed by atoms with Crippen LogP contribution < -0.4 is 10.5 Å². The zero-order chi connectivity index (χ0) is 16.7. The smallest absolute Gasteiger partial charge is 0.226 e. The van der Waals surface area contributed by atoms with E-state index in [2.05, 4.69) is 12.1 Å². The molecule has 0 radical (unpaired) electrons. The van der Waals surface area contributed by atoms with Crippen LogP contribution in [-0.4, -0.2) is 37.0 Å². The summed E-state index contributed by atoms with van der Waals surface area (Å²) in [6, 6.07) is 8.42. The molecule has 0 aliphatic carbocycles. The number of aryl methyl sites for hydroxylation is 1. The third-order valence-corrected chi connectivity index (χ3v) is 4.78. The van der Waals surface area contributed by atoms with E-state index in [4.69, 9.17) is 10.5 Å². The molecule has 1 aliphatic rings. The van der Waals surface area contributed by atoms with Crippen LogP contribution in [0.15, 0.2) is 24.3 Å². The highest BCUT2D eigenvalue weighted by atomic mass is 35.5. The van der Waals surface area contributed by atoms with Gasteiger partial charge >= 0.3 is 0 Å².